The van der Waals surface area contributed by atoms with Crippen molar-refractivity contribution in [1.29, 1.82) is 0 Å². The molecule has 2 rings (SSSR count). The third-order valence-electron chi connectivity index (χ3n) is 2.35. The number of hydrogen-bond acceptors (Lipinski definition) is 4. The van der Waals surface area contributed by atoms with Crippen LogP contribution < -0.4 is 11.1 Å². The fourth-order valence-corrected chi connectivity index (χ4v) is 1.57. The Morgan fingerprint density at radius 1 is 1.39 bits per heavy atom. The first-order valence-electron chi connectivity index (χ1n) is 5.25. The van der Waals surface area contributed by atoms with Crippen LogP contribution in [0, 0.1) is 0 Å². The highest BCUT2D eigenvalue weighted by Crippen LogP contribution is 2.14. The summed E-state index contributed by atoms with van der Waals surface area (Å²) in [5, 5.41) is 2.98. The molecule has 92 valence electrons. The molecule has 0 bridgehead atoms. The Hall–Kier alpha value is -2.14. The number of nitrogens with two attached hydrogens (primary N) is 1. The van der Waals surface area contributed by atoms with Crippen molar-refractivity contribution >= 4 is 23.2 Å². The molecule has 1 amide bonds. The average Bonchev–Trinajstić information content (AvgIpc) is 2.40. The van der Waals surface area contributed by atoms with Gasteiger partial charge in [0.2, 0.25) is 0 Å². The van der Waals surface area contributed by atoms with Gasteiger partial charge in [-0.05, 0) is 23.8 Å². The van der Waals surface area contributed by atoms with Crippen LogP contribution in [0.1, 0.15) is 15.9 Å². The van der Waals surface area contributed by atoms with Gasteiger partial charge in [-0.25, -0.2) is 4.98 Å². The summed E-state index contributed by atoms with van der Waals surface area (Å²) in [4.78, 5) is 19.6. The minimum absolute atomic E-state index is 0.235. The van der Waals surface area contributed by atoms with E-state index in [1.54, 1.807) is 12.4 Å². The molecule has 5 nitrogen and oxygen atoms in total. The topological polar surface area (TPSA) is 80.9 Å². The molecule has 2 heterocycles. The van der Waals surface area contributed by atoms with Gasteiger partial charge in [0.1, 0.15) is 5.15 Å². The zero-order valence-electron chi connectivity index (χ0n) is 9.43. The van der Waals surface area contributed by atoms with Crippen LogP contribution in [-0.4, -0.2) is 15.9 Å². The van der Waals surface area contributed by atoms with Gasteiger partial charge in [0.25, 0.3) is 5.91 Å². The summed E-state index contributed by atoms with van der Waals surface area (Å²) >= 11 is 5.72. The highest BCUT2D eigenvalue weighted by molar-refractivity contribution is 6.29. The second kappa shape index (κ2) is 5.46. The van der Waals surface area contributed by atoms with Gasteiger partial charge in [0, 0.05) is 18.9 Å². The lowest BCUT2D eigenvalue weighted by atomic mass is 10.2. The Morgan fingerprint density at radius 3 is 2.83 bits per heavy atom. The van der Waals surface area contributed by atoms with Crippen molar-refractivity contribution in [1.82, 2.24) is 15.3 Å². The molecule has 0 spiro atoms. The molecular formula is C12H11ClN4O. The highest BCUT2D eigenvalue weighted by Gasteiger charge is 2.10. The molecule has 2 aromatic heterocycles. The van der Waals surface area contributed by atoms with Crippen molar-refractivity contribution in [2.75, 3.05) is 5.73 Å². The first-order chi connectivity index (χ1) is 8.66. The number of halogens is 1. The predicted octanol–water partition coefficient (Wildman–Crippen LogP) is 1.64. The van der Waals surface area contributed by atoms with E-state index in [-0.39, 0.29) is 11.1 Å². The van der Waals surface area contributed by atoms with Gasteiger partial charge in [-0.1, -0.05) is 11.6 Å². The van der Waals surface area contributed by atoms with E-state index in [9.17, 15) is 4.79 Å². The Morgan fingerprint density at radius 2 is 2.11 bits per heavy atom. The third-order valence-corrected chi connectivity index (χ3v) is 2.56. The first kappa shape index (κ1) is 12.3. The maximum absolute atomic E-state index is 11.9. The summed E-state index contributed by atoms with van der Waals surface area (Å²) in [6, 6.07) is 5.09. The van der Waals surface area contributed by atoms with Crippen LogP contribution in [0.4, 0.5) is 5.69 Å². The third kappa shape index (κ3) is 2.95. The van der Waals surface area contributed by atoms with Crippen LogP contribution in [-0.2, 0) is 6.54 Å². The zero-order chi connectivity index (χ0) is 13.0. The maximum Gasteiger partial charge on any atom is 0.253 e. The van der Waals surface area contributed by atoms with E-state index in [1.807, 2.05) is 12.1 Å². The fraction of sp³-hybridized carbons (Fsp3) is 0.0833. The zero-order valence-corrected chi connectivity index (χ0v) is 10.2. The van der Waals surface area contributed by atoms with E-state index in [0.29, 0.717) is 17.8 Å². The van der Waals surface area contributed by atoms with Gasteiger partial charge in [-0.2, -0.15) is 0 Å². The first-order valence-corrected chi connectivity index (χ1v) is 5.63. The van der Waals surface area contributed by atoms with E-state index < -0.39 is 0 Å². The summed E-state index contributed by atoms with van der Waals surface area (Å²) in [6.07, 6.45) is 4.70. The minimum atomic E-state index is -0.284. The molecule has 0 aliphatic heterocycles. The summed E-state index contributed by atoms with van der Waals surface area (Å²) in [7, 11) is 0. The normalized spacial score (nSPS) is 10.1. The summed E-state index contributed by atoms with van der Waals surface area (Å²) < 4.78 is 0. The van der Waals surface area contributed by atoms with Gasteiger partial charge in [-0.3, -0.25) is 9.78 Å². The molecule has 0 aliphatic carbocycles. The van der Waals surface area contributed by atoms with Gasteiger partial charge in [0.05, 0.1) is 17.4 Å². The maximum atomic E-state index is 11.9. The Kier molecular flexibility index (Phi) is 3.74. The second-order valence-corrected chi connectivity index (χ2v) is 4.02. The number of hydrogen-bond donors (Lipinski definition) is 2. The number of nitrogen functional groups attached to an aromatic ring is 1. The number of pyridine rings is 2. The smallest absolute Gasteiger partial charge is 0.253 e. The van der Waals surface area contributed by atoms with Gasteiger partial charge < -0.3 is 11.1 Å². The summed E-state index contributed by atoms with van der Waals surface area (Å²) in [5.41, 5.74) is 7.24. The monoisotopic (exact) mass is 262 g/mol. The number of anilines is 1. The lowest BCUT2D eigenvalue weighted by Gasteiger charge is -2.07. The van der Waals surface area contributed by atoms with Crippen molar-refractivity contribution in [2.24, 2.45) is 0 Å². The highest BCUT2D eigenvalue weighted by atomic mass is 35.5. The molecule has 0 unspecified atom stereocenters. The predicted molar refractivity (Wildman–Crippen MR) is 69.1 cm³/mol. The summed E-state index contributed by atoms with van der Waals surface area (Å²) in [6.45, 7) is 0.404. The number of rotatable bonds is 3. The van der Waals surface area contributed by atoms with Crippen LogP contribution in [0.5, 0.6) is 0 Å². The van der Waals surface area contributed by atoms with Gasteiger partial charge >= 0.3 is 0 Å². The molecule has 0 atom stereocenters. The van der Waals surface area contributed by atoms with Crippen molar-refractivity contribution < 1.29 is 4.79 Å². The van der Waals surface area contributed by atoms with Gasteiger partial charge in [0.15, 0.2) is 0 Å². The minimum Gasteiger partial charge on any atom is -0.397 e. The molecule has 0 aliphatic rings. The van der Waals surface area contributed by atoms with Crippen LogP contribution >= 0.6 is 11.6 Å². The van der Waals surface area contributed by atoms with Crippen molar-refractivity contribution in [3.63, 3.8) is 0 Å². The largest absolute Gasteiger partial charge is 0.397 e. The second-order valence-electron chi connectivity index (χ2n) is 3.63. The molecule has 0 saturated heterocycles. The molecule has 2 aromatic rings. The Labute approximate surface area is 109 Å². The van der Waals surface area contributed by atoms with E-state index >= 15 is 0 Å². The molecule has 0 saturated carbocycles. The van der Waals surface area contributed by atoms with Crippen LogP contribution in [0.2, 0.25) is 5.15 Å². The van der Waals surface area contributed by atoms with E-state index in [2.05, 4.69) is 15.3 Å². The molecular weight excluding hydrogens is 252 g/mol. The number of nitrogens with zero attached hydrogens (tertiary/aromatic N) is 2. The van der Waals surface area contributed by atoms with Crippen molar-refractivity contribution in [2.45, 2.75) is 6.54 Å². The molecule has 0 radical (unpaired) electrons. The quantitative estimate of drug-likeness (QED) is 0.824. The van der Waals surface area contributed by atoms with Crippen molar-refractivity contribution in [3.8, 4) is 0 Å². The Balaban J connectivity index is 2.06. The molecule has 18 heavy (non-hydrogen) atoms. The van der Waals surface area contributed by atoms with E-state index in [1.165, 1.54) is 12.3 Å². The van der Waals surface area contributed by atoms with Crippen LogP contribution in [0.25, 0.3) is 0 Å². The van der Waals surface area contributed by atoms with Crippen molar-refractivity contribution in [3.05, 3.63) is 53.1 Å². The lowest BCUT2D eigenvalue weighted by Crippen LogP contribution is -2.23. The van der Waals surface area contributed by atoms with E-state index in [4.69, 9.17) is 17.3 Å². The average molecular weight is 263 g/mol. The molecule has 6 heteroatoms. The van der Waals surface area contributed by atoms with Crippen LogP contribution in [0.15, 0.2) is 36.8 Å². The number of aromatic nitrogens is 2. The SMILES string of the molecule is Nc1cnc(Cl)cc1C(=O)NCc1ccncc1. The number of nitrogens with one attached hydrogen (secondary N) is 1. The van der Waals surface area contributed by atoms with E-state index in [0.717, 1.165) is 5.56 Å². The number of carbonyl (C=O) groups excluding carboxylic acids is 1. The summed E-state index contributed by atoms with van der Waals surface area (Å²) in [5.74, 6) is -0.284. The van der Waals surface area contributed by atoms with Gasteiger partial charge in [-0.15, -0.1) is 0 Å². The molecule has 0 fully saturated rings. The molecule has 0 aromatic carbocycles. The fourth-order valence-electron chi connectivity index (χ4n) is 1.42. The molecule has 3 N–H and O–H groups in total. The van der Waals surface area contributed by atoms with Crippen LogP contribution in [0.3, 0.4) is 0 Å². The number of carbonyl (C=O) groups is 1. The standard InChI is InChI=1S/C12H11ClN4O/c13-11-5-9(10(14)7-16-11)12(18)17-6-8-1-3-15-4-2-8/h1-5,7H,6,14H2,(H,17,18). The number of amides is 1. The Bertz CT molecular complexity index is 559. The lowest BCUT2D eigenvalue weighted by molar-refractivity contribution is 0.0951.